The van der Waals surface area contributed by atoms with E-state index >= 15 is 0 Å². The molecule has 0 bridgehead atoms. The topological polar surface area (TPSA) is 93.8 Å². The number of nitrogens with one attached hydrogen (secondary N) is 2. The highest BCUT2D eigenvalue weighted by Crippen LogP contribution is 2.12. The van der Waals surface area contributed by atoms with Gasteiger partial charge in [-0.15, -0.1) is 0 Å². The number of nitrogens with zero attached hydrogens (tertiary/aromatic N) is 3. The highest BCUT2D eigenvalue weighted by Gasteiger charge is 2.13. The molecular formula is C17H25N5O3. The summed E-state index contributed by atoms with van der Waals surface area (Å²) >= 11 is 0. The van der Waals surface area contributed by atoms with Crippen LogP contribution in [0, 0.1) is 0 Å². The van der Waals surface area contributed by atoms with Crippen molar-refractivity contribution in [1.82, 2.24) is 20.8 Å². The Morgan fingerprint density at radius 1 is 1.28 bits per heavy atom. The predicted octanol–water partition coefficient (Wildman–Crippen LogP) is 1.91. The molecule has 0 aliphatic rings. The van der Waals surface area contributed by atoms with Gasteiger partial charge >= 0.3 is 0 Å². The molecule has 1 unspecified atom stereocenters. The molecule has 0 saturated carbocycles. The van der Waals surface area contributed by atoms with Gasteiger partial charge in [0.1, 0.15) is 18.5 Å². The quantitative estimate of drug-likeness (QED) is 0.406. The van der Waals surface area contributed by atoms with Gasteiger partial charge in [0, 0.05) is 13.7 Å². The van der Waals surface area contributed by atoms with Crippen molar-refractivity contribution < 1.29 is 14.0 Å². The standard InChI is InChI=1S/C17H25N5O3/c1-4-23-13(2)16-21-15(25-22-16)12-20-17(18-3)19-10-11-24-14-8-6-5-7-9-14/h5-9,13H,4,10-12H2,1-3H3,(H2,18,19,20). The van der Waals surface area contributed by atoms with Gasteiger partial charge in [-0.3, -0.25) is 4.99 Å². The van der Waals surface area contributed by atoms with E-state index in [-0.39, 0.29) is 6.10 Å². The molecule has 1 aromatic heterocycles. The molecule has 25 heavy (non-hydrogen) atoms. The largest absolute Gasteiger partial charge is 0.492 e. The lowest BCUT2D eigenvalue weighted by Crippen LogP contribution is -2.38. The third-order valence-electron chi connectivity index (χ3n) is 3.30. The molecule has 0 fully saturated rings. The van der Waals surface area contributed by atoms with Crippen molar-refractivity contribution >= 4 is 5.96 Å². The maximum absolute atomic E-state index is 5.62. The Hall–Kier alpha value is -2.61. The van der Waals surface area contributed by atoms with Crippen molar-refractivity contribution in [3.63, 3.8) is 0 Å². The maximum Gasteiger partial charge on any atom is 0.246 e. The Bertz CT molecular complexity index is 645. The number of guanidine groups is 1. The minimum absolute atomic E-state index is 0.185. The number of hydrogen-bond donors (Lipinski definition) is 2. The number of benzene rings is 1. The first-order valence-electron chi connectivity index (χ1n) is 8.29. The second-order valence-corrected chi connectivity index (χ2v) is 5.16. The predicted molar refractivity (Wildman–Crippen MR) is 94.5 cm³/mol. The molecule has 0 amide bonds. The molecule has 8 heteroatoms. The number of rotatable bonds is 9. The number of aromatic nitrogens is 2. The van der Waals surface area contributed by atoms with Crippen LogP contribution in [0.3, 0.4) is 0 Å². The Labute approximate surface area is 147 Å². The SMILES string of the molecule is CCOC(C)c1noc(CNC(=NC)NCCOc2ccccc2)n1. The lowest BCUT2D eigenvalue weighted by Gasteiger charge is -2.11. The normalized spacial score (nSPS) is 12.7. The molecule has 1 heterocycles. The van der Waals surface area contributed by atoms with Crippen LogP contribution in [-0.4, -0.2) is 42.9 Å². The van der Waals surface area contributed by atoms with Crippen LogP contribution >= 0.6 is 0 Å². The first-order chi connectivity index (χ1) is 12.2. The van der Waals surface area contributed by atoms with Gasteiger partial charge in [0.25, 0.3) is 0 Å². The van der Waals surface area contributed by atoms with Crippen LogP contribution in [0.15, 0.2) is 39.8 Å². The van der Waals surface area contributed by atoms with Crippen LogP contribution in [0.1, 0.15) is 31.7 Å². The van der Waals surface area contributed by atoms with E-state index in [0.717, 1.165) is 5.75 Å². The molecule has 2 N–H and O–H groups in total. The molecular weight excluding hydrogens is 322 g/mol. The van der Waals surface area contributed by atoms with Gasteiger partial charge in [-0.25, -0.2) is 0 Å². The van der Waals surface area contributed by atoms with Crippen LogP contribution in [0.4, 0.5) is 0 Å². The molecule has 1 atom stereocenters. The van der Waals surface area contributed by atoms with E-state index in [2.05, 4.69) is 25.8 Å². The summed E-state index contributed by atoms with van der Waals surface area (Å²) in [6, 6.07) is 9.67. The van der Waals surface area contributed by atoms with Crippen molar-refractivity contribution in [3.8, 4) is 5.75 Å². The van der Waals surface area contributed by atoms with Gasteiger partial charge in [0.2, 0.25) is 5.89 Å². The van der Waals surface area contributed by atoms with E-state index in [9.17, 15) is 0 Å². The van der Waals surface area contributed by atoms with E-state index in [1.54, 1.807) is 7.05 Å². The third kappa shape index (κ3) is 6.42. The van der Waals surface area contributed by atoms with Gasteiger partial charge in [0.15, 0.2) is 11.8 Å². The number of aliphatic imine (C=N–C) groups is 1. The fourth-order valence-electron chi connectivity index (χ4n) is 2.06. The van der Waals surface area contributed by atoms with Crippen molar-refractivity contribution in [2.24, 2.45) is 4.99 Å². The lowest BCUT2D eigenvalue weighted by atomic mass is 10.3. The van der Waals surface area contributed by atoms with Crippen LogP contribution in [0.25, 0.3) is 0 Å². The van der Waals surface area contributed by atoms with E-state index in [1.807, 2.05) is 44.2 Å². The summed E-state index contributed by atoms with van der Waals surface area (Å²) in [6.45, 7) is 5.94. The first-order valence-corrected chi connectivity index (χ1v) is 8.29. The summed E-state index contributed by atoms with van der Waals surface area (Å²) in [4.78, 5) is 8.44. The van der Waals surface area contributed by atoms with Crippen LogP contribution in [0.2, 0.25) is 0 Å². The molecule has 0 radical (unpaired) electrons. The number of ether oxygens (including phenoxy) is 2. The lowest BCUT2D eigenvalue weighted by molar-refractivity contribution is 0.0683. The highest BCUT2D eigenvalue weighted by atomic mass is 16.5. The molecule has 0 aliphatic heterocycles. The van der Waals surface area contributed by atoms with Crippen molar-refractivity contribution in [2.75, 3.05) is 26.8 Å². The van der Waals surface area contributed by atoms with Gasteiger partial charge in [-0.05, 0) is 26.0 Å². The smallest absolute Gasteiger partial charge is 0.246 e. The Morgan fingerprint density at radius 3 is 2.80 bits per heavy atom. The van der Waals surface area contributed by atoms with Gasteiger partial charge in [-0.1, -0.05) is 23.4 Å². The van der Waals surface area contributed by atoms with Crippen LogP contribution in [-0.2, 0) is 11.3 Å². The van der Waals surface area contributed by atoms with Gasteiger partial charge < -0.3 is 24.6 Å². The Kier molecular flexibility index (Phi) is 7.71. The monoisotopic (exact) mass is 347 g/mol. The summed E-state index contributed by atoms with van der Waals surface area (Å²) in [7, 11) is 1.70. The zero-order chi connectivity index (χ0) is 17.9. The number of hydrogen-bond acceptors (Lipinski definition) is 6. The van der Waals surface area contributed by atoms with Crippen LogP contribution < -0.4 is 15.4 Å². The summed E-state index contributed by atoms with van der Waals surface area (Å²) in [5.41, 5.74) is 0. The fraction of sp³-hybridized carbons (Fsp3) is 0.471. The first kappa shape index (κ1) is 18.7. The van der Waals surface area contributed by atoms with E-state index < -0.39 is 0 Å². The molecule has 8 nitrogen and oxygen atoms in total. The number of para-hydroxylation sites is 1. The maximum atomic E-state index is 5.62. The molecule has 2 aromatic rings. The average Bonchev–Trinajstić information content (AvgIpc) is 3.11. The van der Waals surface area contributed by atoms with Crippen molar-refractivity contribution in [1.29, 1.82) is 0 Å². The summed E-state index contributed by atoms with van der Waals surface area (Å²) in [5, 5.41) is 10.2. The zero-order valence-corrected chi connectivity index (χ0v) is 14.9. The molecule has 1 aromatic carbocycles. The highest BCUT2D eigenvalue weighted by molar-refractivity contribution is 5.79. The second-order valence-electron chi connectivity index (χ2n) is 5.16. The summed E-state index contributed by atoms with van der Waals surface area (Å²) in [5.74, 6) is 2.49. The van der Waals surface area contributed by atoms with Crippen molar-refractivity contribution in [2.45, 2.75) is 26.5 Å². The van der Waals surface area contributed by atoms with Crippen LogP contribution in [0.5, 0.6) is 5.75 Å². The molecule has 0 aliphatic carbocycles. The molecule has 0 saturated heterocycles. The molecule has 2 rings (SSSR count). The zero-order valence-electron chi connectivity index (χ0n) is 14.9. The summed E-state index contributed by atoms with van der Waals surface area (Å²) < 4.78 is 16.3. The molecule has 136 valence electrons. The van der Waals surface area contributed by atoms with E-state index in [1.165, 1.54) is 0 Å². The Balaban J connectivity index is 1.69. The fourth-order valence-corrected chi connectivity index (χ4v) is 2.06. The van der Waals surface area contributed by atoms with E-state index in [4.69, 9.17) is 14.0 Å². The van der Waals surface area contributed by atoms with E-state index in [0.29, 0.717) is 44.0 Å². The minimum atomic E-state index is -0.185. The minimum Gasteiger partial charge on any atom is -0.492 e. The van der Waals surface area contributed by atoms with Crippen molar-refractivity contribution in [3.05, 3.63) is 42.0 Å². The molecule has 0 spiro atoms. The second kappa shape index (κ2) is 10.3. The third-order valence-corrected chi connectivity index (χ3v) is 3.30. The summed E-state index contributed by atoms with van der Waals surface area (Å²) in [6.07, 6.45) is -0.185. The van der Waals surface area contributed by atoms with Gasteiger partial charge in [0.05, 0.1) is 13.1 Å². The Morgan fingerprint density at radius 2 is 2.08 bits per heavy atom. The average molecular weight is 347 g/mol. The van der Waals surface area contributed by atoms with Gasteiger partial charge in [-0.2, -0.15) is 4.98 Å².